The standard InChI is InChI=1S/C24H32N4O4S/c1-18-6-8-19(9-7-18)14-25-23(30)24(2)17-27(33(5,31)32)16-22(29)28(24)15-20-10-12-21(13-11-20)26(3)4/h6-13H,14-17H2,1-5H3,(H,25,30)/t24-/m0/s1. The van der Waals surface area contributed by atoms with Crippen molar-refractivity contribution in [3.05, 3.63) is 65.2 Å². The van der Waals surface area contributed by atoms with Crippen molar-refractivity contribution >= 4 is 27.5 Å². The van der Waals surface area contributed by atoms with Crippen molar-refractivity contribution in [3.63, 3.8) is 0 Å². The molecule has 0 radical (unpaired) electrons. The number of benzene rings is 2. The minimum atomic E-state index is -3.65. The van der Waals surface area contributed by atoms with Gasteiger partial charge in [0.1, 0.15) is 5.54 Å². The fraction of sp³-hybridized carbons (Fsp3) is 0.417. The first-order valence-electron chi connectivity index (χ1n) is 10.8. The third kappa shape index (κ3) is 5.72. The lowest BCUT2D eigenvalue weighted by molar-refractivity contribution is -0.153. The van der Waals surface area contributed by atoms with Gasteiger partial charge in [0, 0.05) is 39.4 Å². The predicted octanol–water partition coefficient (Wildman–Crippen LogP) is 1.74. The van der Waals surface area contributed by atoms with Gasteiger partial charge < -0.3 is 15.1 Å². The number of piperazine rings is 1. The van der Waals surface area contributed by atoms with Gasteiger partial charge in [-0.3, -0.25) is 9.59 Å². The molecule has 2 aromatic rings. The number of nitrogens with zero attached hydrogens (tertiary/aromatic N) is 3. The Morgan fingerprint density at radius 2 is 1.64 bits per heavy atom. The zero-order chi connectivity index (χ0) is 24.4. The molecular weight excluding hydrogens is 440 g/mol. The highest BCUT2D eigenvalue weighted by atomic mass is 32.2. The Morgan fingerprint density at radius 3 is 2.18 bits per heavy atom. The first kappa shape index (κ1) is 24.7. The van der Waals surface area contributed by atoms with Crippen molar-refractivity contribution < 1.29 is 18.0 Å². The van der Waals surface area contributed by atoms with Gasteiger partial charge in [0.25, 0.3) is 0 Å². The zero-order valence-electron chi connectivity index (χ0n) is 19.8. The lowest BCUT2D eigenvalue weighted by Gasteiger charge is -2.46. The Morgan fingerprint density at radius 1 is 1.06 bits per heavy atom. The quantitative estimate of drug-likeness (QED) is 0.663. The summed E-state index contributed by atoms with van der Waals surface area (Å²) >= 11 is 0. The third-order valence-corrected chi connectivity index (χ3v) is 7.21. The van der Waals surface area contributed by atoms with E-state index in [1.807, 2.05) is 74.4 Å². The van der Waals surface area contributed by atoms with Crippen LogP contribution in [0, 0.1) is 6.92 Å². The van der Waals surface area contributed by atoms with E-state index in [-0.39, 0.29) is 26.2 Å². The normalized spacial score (nSPS) is 19.4. The number of aryl methyl sites for hydroxylation is 1. The highest BCUT2D eigenvalue weighted by Crippen LogP contribution is 2.27. The summed E-state index contributed by atoms with van der Waals surface area (Å²) < 4.78 is 25.6. The molecule has 0 saturated carbocycles. The first-order chi connectivity index (χ1) is 15.4. The maximum atomic E-state index is 13.4. The maximum Gasteiger partial charge on any atom is 0.247 e. The smallest absolute Gasteiger partial charge is 0.247 e. The topological polar surface area (TPSA) is 90.0 Å². The Bertz CT molecular complexity index is 1110. The van der Waals surface area contributed by atoms with Gasteiger partial charge >= 0.3 is 0 Å². The Kier molecular flexibility index (Phi) is 7.14. The molecule has 9 heteroatoms. The number of carbonyl (C=O) groups excluding carboxylic acids is 2. The summed E-state index contributed by atoms with van der Waals surface area (Å²) in [5, 5.41) is 2.90. The number of amides is 2. The molecule has 0 aliphatic carbocycles. The Hall–Kier alpha value is -2.91. The molecule has 2 aromatic carbocycles. The molecule has 1 heterocycles. The summed E-state index contributed by atoms with van der Waals surface area (Å²) in [4.78, 5) is 29.9. The summed E-state index contributed by atoms with van der Waals surface area (Å²) in [5.41, 5.74) is 2.56. The average Bonchev–Trinajstić information content (AvgIpc) is 2.75. The lowest BCUT2D eigenvalue weighted by atomic mass is 9.94. The van der Waals surface area contributed by atoms with Crippen molar-refractivity contribution in [2.75, 3.05) is 38.3 Å². The molecule has 8 nitrogen and oxygen atoms in total. The molecule has 1 N–H and O–H groups in total. The number of carbonyl (C=O) groups is 2. The summed E-state index contributed by atoms with van der Waals surface area (Å²) in [6.45, 7) is 3.72. The molecular formula is C24H32N4O4S. The highest BCUT2D eigenvalue weighted by Gasteiger charge is 2.49. The molecule has 0 spiro atoms. The lowest BCUT2D eigenvalue weighted by Crippen LogP contribution is -2.69. The number of hydrogen-bond acceptors (Lipinski definition) is 5. The van der Waals surface area contributed by atoms with Gasteiger partial charge in [0.05, 0.1) is 12.8 Å². The number of hydrogen-bond donors (Lipinski definition) is 1. The minimum absolute atomic E-state index is 0.104. The van der Waals surface area contributed by atoms with Crippen LogP contribution in [0.1, 0.15) is 23.6 Å². The molecule has 1 fully saturated rings. The van der Waals surface area contributed by atoms with Crippen LogP contribution in [-0.2, 0) is 32.7 Å². The predicted molar refractivity (Wildman–Crippen MR) is 129 cm³/mol. The van der Waals surface area contributed by atoms with Crippen LogP contribution in [0.3, 0.4) is 0 Å². The number of rotatable bonds is 7. The average molecular weight is 473 g/mol. The summed E-state index contributed by atoms with van der Waals surface area (Å²) in [5.74, 6) is -0.800. The largest absolute Gasteiger partial charge is 0.378 e. The van der Waals surface area contributed by atoms with E-state index in [1.165, 1.54) is 4.90 Å². The fourth-order valence-corrected chi connectivity index (χ4v) is 4.68. The Balaban J connectivity index is 1.87. The van der Waals surface area contributed by atoms with Crippen LogP contribution in [0.4, 0.5) is 5.69 Å². The maximum absolute atomic E-state index is 13.4. The van der Waals surface area contributed by atoms with Crippen LogP contribution in [0.15, 0.2) is 48.5 Å². The van der Waals surface area contributed by atoms with Gasteiger partial charge in [-0.15, -0.1) is 0 Å². The fourth-order valence-electron chi connectivity index (χ4n) is 3.85. The van der Waals surface area contributed by atoms with E-state index in [9.17, 15) is 18.0 Å². The number of sulfonamides is 1. The second-order valence-corrected chi connectivity index (χ2v) is 11.0. The SMILES string of the molecule is Cc1ccc(CNC(=O)[C@]2(C)CN(S(C)(=O)=O)CC(=O)N2Cc2ccc(N(C)C)cc2)cc1. The van der Waals surface area contributed by atoms with E-state index < -0.39 is 27.4 Å². The van der Waals surface area contributed by atoms with Gasteiger partial charge in [0.15, 0.2) is 0 Å². The monoisotopic (exact) mass is 472 g/mol. The molecule has 178 valence electrons. The van der Waals surface area contributed by atoms with Crippen LogP contribution >= 0.6 is 0 Å². The molecule has 2 amide bonds. The van der Waals surface area contributed by atoms with Gasteiger partial charge in [-0.2, -0.15) is 4.31 Å². The third-order valence-electron chi connectivity index (χ3n) is 6.02. The second-order valence-electron chi connectivity index (χ2n) is 9.01. The van der Waals surface area contributed by atoms with E-state index in [1.54, 1.807) is 6.92 Å². The van der Waals surface area contributed by atoms with E-state index >= 15 is 0 Å². The molecule has 0 unspecified atom stereocenters. The highest BCUT2D eigenvalue weighted by molar-refractivity contribution is 7.88. The van der Waals surface area contributed by atoms with Crippen molar-refractivity contribution in [1.82, 2.24) is 14.5 Å². The summed E-state index contributed by atoms with van der Waals surface area (Å²) in [6.07, 6.45) is 1.06. The van der Waals surface area contributed by atoms with Crippen molar-refractivity contribution in [3.8, 4) is 0 Å². The van der Waals surface area contributed by atoms with Crippen molar-refractivity contribution in [1.29, 1.82) is 0 Å². The van der Waals surface area contributed by atoms with Crippen LogP contribution in [0.2, 0.25) is 0 Å². The minimum Gasteiger partial charge on any atom is -0.378 e. The van der Waals surface area contributed by atoms with Gasteiger partial charge in [-0.25, -0.2) is 8.42 Å². The molecule has 0 aromatic heterocycles. The molecule has 33 heavy (non-hydrogen) atoms. The molecule has 3 rings (SSSR count). The van der Waals surface area contributed by atoms with E-state index in [2.05, 4.69) is 5.32 Å². The van der Waals surface area contributed by atoms with Crippen LogP contribution < -0.4 is 10.2 Å². The molecule has 1 atom stereocenters. The summed E-state index contributed by atoms with van der Waals surface area (Å²) in [6, 6.07) is 15.5. The van der Waals surface area contributed by atoms with Crippen molar-refractivity contribution in [2.45, 2.75) is 32.5 Å². The van der Waals surface area contributed by atoms with Crippen LogP contribution in [0.25, 0.3) is 0 Å². The van der Waals surface area contributed by atoms with Crippen molar-refractivity contribution in [2.24, 2.45) is 0 Å². The molecule has 1 aliphatic rings. The molecule has 0 bridgehead atoms. The van der Waals surface area contributed by atoms with Gasteiger partial charge in [-0.1, -0.05) is 42.0 Å². The molecule has 1 saturated heterocycles. The first-order valence-corrected chi connectivity index (χ1v) is 12.6. The van der Waals surface area contributed by atoms with Crippen LogP contribution in [-0.4, -0.2) is 68.4 Å². The molecule has 1 aliphatic heterocycles. The second kappa shape index (κ2) is 9.52. The van der Waals surface area contributed by atoms with Gasteiger partial charge in [-0.05, 0) is 37.1 Å². The van der Waals surface area contributed by atoms with E-state index in [0.29, 0.717) is 0 Å². The van der Waals surface area contributed by atoms with E-state index in [4.69, 9.17) is 0 Å². The van der Waals surface area contributed by atoms with Gasteiger partial charge in [0.2, 0.25) is 21.8 Å². The summed E-state index contributed by atoms with van der Waals surface area (Å²) in [7, 11) is 0.239. The van der Waals surface area contributed by atoms with E-state index in [0.717, 1.165) is 32.9 Å². The Labute approximate surface area is 196 Å². The van der Waals surface area contributed by atoms with Crippen LogP contribution in [0.5, 0.6) is 0 Å². The number of nitrogens with one attached hydrogen (secondary N) is 1. The number of anilines is 1. The zero-order valence-corrected chi connectivity index (χ0v) is 20.6.